The van der Waals surface area contributed by atoms with Crippen LogP contribution in [0.3, 0.4) is 0 Å². The molecule has 1 aliphatic carbocycles. The number of nitrogens with two attached hydrogens (primary N) is 1. The molecule has 0 unspecified atom stereocenters. The Hall–Kier alpha value is -0.820. The molecule has 2 aliphatic rings. The minimum Gasteiger partial charge on any atom is -0.444 e. The number of halogens is 1. The normalized spacial score (nSPS) is 18.6. The second kappa shape index (κ2) is 11.7. The van der Waals surface area contributed by atoms with Gasteiger partial charge in [-0.1, -0.05) is 0 Å². The summed E-state index contributed by atoms with van der Waals surface area (Å²) in [6, 6.07) is 0.147. The quantitative estimate of drug-likeness (QED) is 0.280. The van der Waals surface area contributed by atoms with Gasteiger partial charge in [-0.25, -0.2) is 18.4 Å². The number of ether oxygens (including phenoxy) is 1. The van der Waals surface area contributed by atoms with Crippen LogP contribution in [0.1, 0.15) is 53.4 Å². The van der Waals surface area contributed by atoms with E-state index in [-0.39, 0.29) is 48.4 Å². The van der Waals surface area contributed by atoms with Crippen LogP contribution in [0.5, 0.6) is 0 Å². The van der Waals surface area contributed by atoms with Gasteiger partial charge in [-0.05, 0) is 59.3 Å². The molecule has 3 N–H and O–H groups in total. The van der Waals surface area contributed by atoms with Crippen LogP contribution in [-0.4, -0.2) is 80.4 Å². The molecular weight excluding hydrogens is 521 g/mol. The second-order valence-corrected chi connectivity index (χ2v) is 10.6. The zero-order valence-corrected chi connectivity index (χ0v) is 21.7. The number of hydrogen-bond donors (Lipinski definition) is 2. The first-order chi connectivity index (χ1) is 13.5. The Bertz CT molecular complexity index is 684. The first kappa shape index (κ1) is 27.2. The molecule has 1 aliphatic heterocycles. The summed E-state index contributed by atoms with van der Waals surface area (Å²) in [5.74, 6) is 1.12. The van der Waals surface area contributed by atoms with Gasteiger partial charge in [0.1, 0.15) is 5.60 Å². The number of nitrogens with one attached hydrogen (secondary N) is 1. The van der Waals surface area contributed by atoms with Crippen molar-refractivity contribution in [2.45, 2.75) is 65.0 Å². The average molecular weight is 560 g/mol. The second-order valence-electron chi connectivity index (χ2n) is 8.90. The molecule has 0 spiro atoms. The molecule has 0 aromatic carbocycles. The topological polar surface area (TPSA) is 117 Å². The Kier molecular flexibility index (Phi) is 10.6. The lowest BCUT2D eigenvalue weighted by Crippen LogP contribution is -2.52. The van der Waals surface area contributed by atoms with E-state index in [1.807, 2.05) is 32.6 Å². The Labute approximate surface area is 198 Å². The number of carbonyl (C=O) groups is 1. The standard InChI is InChI=1S/C19H37N5O4S.HI/c1-5-21-17(22-10-13-29(20,26)27)23-11-8-16(9-12-23)24(14-15-6-7-15)18(25)28-19(2,3)4;/h15-16H,5-14H2,1-4H3,(H,21,22)(H2,20,26,27);1H. The van der Waals surface area contributed by atoms with Crippen molar-refractivity contribution in [3.63, 3.8) is 0 Å². The number of hydrogen-bond acceptors (Lipinski definition) is 5. The summed E-state index contributed by atoms with van der Waals surface area (Å²) in [6.45, 7) is 10.7. The van der Waals surface area contributed by atoms with E-state index in [2.05, 4.69) is 15.2 Å². The molecule has 0 bridgehead atoms. The number of amides is 1. The summed E-state index contributed by atoms with van der Waals surface area (Å²) in [5, 5.41) is 8.28. The molecular formula is C19H38IN5O4S. The molecule has 30 heavy (non-hydrogen) atoms. The van der Waals surface area contributed by atoms with Crippen molar-refractivity contribution in [3.05, 3.63) is 0 Å². The Balaban J connectivity index is 0.00000450. The molecule has 11 heteroatoms. The lowest BCUT2D eigenvalue weighted by atomic mass is 10.0. The number of guanidine groups is 1. The number of nitrogens with zero attached hydrogens (tertiary/aromatic N) is 3. The molecule has 1 heterocycles. The summed E-state index contributed by atoms with van der Waals surface area (Å²) in [7, 11) is -3.53. The van der Waals surface area contributed by atoms with E-state index in [0.29, 0.717) is 18.4 Å². The molecule has 0 radical (unpaired) electrons. The number of sulfonamides is 1. The predicted octanol–water partition coefficient (Wildman–Crippen LogP) is 1.97. The fourth-order valence-electron chi connectivity index (χ4n) is 3.37. The van der Waals surface area contributed by atoms with Gasteiger partial charge in [-0.3, -0.25) is 4.99 Å². The molecule has 2 fully saturated rings. The van der Waals surface area contributed by atoms with E-state index in [0.717, 1.165) is 32.5 Å². The molecule has 0 aromatic rings. The molecule has 176 valence electrons. The van der Waals surface area contributed by atoms with E-state index in [4.69, 9.17) is 9.88 Å². The molecule has 0 atom stereocenters. The van der Waals surface area contributed by atoms with E-state index >= 15 is 0 Å². The van der Waals surface area contributed by atoms with Crippen molar-refractivity contribution in [1.29, 1.82) is 0 Å². The highest BCUT2D eigenvalue weighted by Gasteiger charge is 2.35. The minimum absolute atomic E-state index is 0. The number of piperidine rings is 1. The van der Waals surface area contributed by atoms with Gasteiger partial charge in [0.2, 0.25) is 10.0 Å². The fraction of sp³-hybridized carbons (Fsp3) is 0.895. The highest BCUT2D eigenvalue weighted by Crippen LogP contribution is 2.32. The predicted molar refractivity (Wildman–Crippen MR) is 130 cm³/mol. The van der Waals surface area contributed by atoms with Crippen molar-refractivity contribution in [2.75, 3.05) is 38.5 Å². The van der Waals surface area contributed by atoms with Crippen molar-refractivity contribution in [3.8, 4) is 0 Å². The van der Waals surface area contributed by atoms with Crippen LogP contribution in [0.4, 0.5) is 4.79 Å². The summed E-state index contributed by atoms with van der Waals surface area (Å²) < 4.78 is 27.9. The molecule has 1 amide bonds. The van der Waals surface area contributed by atoms with Crippen LogP contribution in [-0.2, 0) is 14.8 Å². The van der Waals surface area contributed by atoms with Crippen LogP contribution < -0.4 is 10.5 Å². The summed E-state index contributed by atoms with van der Waals surface area (Å²) in [5.41, 5.74) is -0.506. The lowest BCUT2D eigenvalue weighted by Gasteiger charge is -2.40. The molecule has 9 nitrogen and oxygen atoms in total. The van der Waals surface area contributed by atoms with Crippen LogP contribution in [0, 0.1) is 5.92 Å². The number of primary sulfonamides is 1. The molecule has 1 saturated carbocycles. The lowest BCUT2D eigenvalue weighted by molar-refractivity contribution is 0.00928. The summed E-state index contributed by atoms with van der Waals surface area (Å²) in [6.07, 6.45) is 3.78. The number of aliphatic imine (C=N–C) groups is 1. The maximum absolute atomic E-state index is 12.8. The van der Waals surface area contributed by atoms with Gasteiger partial charge in [-0.15, -0.1) is 24.0 Å². The van der Waals surface area contributed by atoms with Gasteiger partial charge in [0, 0.05) is 32.2 Å². The Morgan fingerprint density at radius 1 is 1.23 bits per heavy atom. The summed E-state index contributed by atoms with van der Waals surface area (Å²) >= 11 is 0. The van der Waals surface area contributed by atoms with Gasteiger partial charge in [-0.2, -0.15) is 0 Å². The smallest absolute Gasteiger partial charge is 0.410 e. The number of rotatable bonds is 7. The maximum Gasteiger partial charge on any atom is 0.410 e. The first-order valence-corrected chi connectivity index (χ1v) is 12.2. The van der Waals surface area contributed by atoms with Gasteiger partial charge >= 0.3 is 6.09 Å². The monoisotopic (exact) mass is 559 g/mol. The van der Waals surface area contributed by atoms with Crippen molar-refractivity contribution < 1.29 is 17.9 Å². The van der Waals surface area contributed by atoms with E-state index < -0.39 is 15.6 Å². The van der Waals surface area contributed by atoms with Crippen molar-refractivity contribution in [2.24, 2.45) is 16.0 Å². The molecule has 0 aromatic heterocycles. The van der Waals surface area contributed by atoms with Crippen LogP contribution >= 0.6 is 24.0 Å². The van der Waals surface area contributed by atoms with Crippen LogP contribution in [0.2, 0.25) is 0 Å². The summed E-state index contributed by atoms with van der Waals surface area (Å²) in [4.78, 5) is 21.2. The third kappa shape index (κ3) is 9.99. The molecule has 1 saturated heterocycles. The van der Waals surface area contributed by atoms with Gasteiger partial charge in [0.05, 0.1) is 12.3 Å². The third-order valence-electron chi connectivity index (χ3n) is 4.96. The van der Waals surface area contributed by atoms with Crippen LogP contribution in [0.25, 0.3) is 0 Å². The fourth-order valence-corrected chi connectivity index (χ4v) is 3.71. The van der Waals surface area contributed by atoms with E-state index in [1.54, 1.807) is 0 Å². The third-order valence-corrected chi connectivity index (χ3v) is 5.71. The van der Waals surface area contributed by atoms with Crippen molar-refractivity contribution in [1.82, 2.24) is 15.1 Å². The van der Waals surface area contributed by atoms with Gasteiger partial charge in [0.15, 0.2) is 5.96 Å². The van der Waals surface area contributed by atoms with E-state index in [9.17, 15) is 13.2 Å². The zero-order valence-electron chi connectivity index (χ0n) is 18.6. The zero-order chi connectivity index (χ0) is 21.7. The minimum atomic E-state index is -3.53. The number of likely N-dealkylation sites (tertiary alicyclic amines) is 1. The Morgan fingerprint density at radius 2 is 1.83 bits per heavy atom. The van der Waals surface area contributed by atoms with Crippen molar-refractivity contribution >= 4 is 46.1 Å². The van der Waals surface area contributed by atoms with Crippen LogP contribution in [0.15, 0.2) is 4.99 Å². The first-order valence-electron chi connectivity index (χ1n) is 10.5. The SMILES string of the molecule is CCNC(=NCCS(N)(=O)=O)N1CCC(N(CC2CC2)C(=O)OC(C)(C)C)CC1.I. The van der Waals surface area contributed by atoms with E-state index in [1.165, 1.54) is 12.8 Å². The van der Waals surface area contributed by atoms with Gasteiger partial charge < -0.3 is 19.9 Å². The highest BCUT2D eigenvalue weighted by atomic mass is 127. The Morgan fingerprint density at radius 3 is 2.30 bits per heavy atom. The maximum atomic E-state index is 12.8. The number of carbonyl (C=O) groups excluding carboxylic acids is 1. The average Bonchev–Trinajstić information content (AvgIpc) is 3.41. The van der Waals surface area contributed by atoms with Gasteiger partial charge in [0.25, 0.3) is 0 Å². The largest absolute Gasteiger partial charge is 0.444 e. The highest BCUT2D eigenvalue weighted by molar-refractivity contribution is 14.0. The molecule has 2 rings (SSSR count).